The molecule has 4 heteroatoms. The summed E-state index contributed by atoms with van der Waals surface area (Å²) in [5.74, 6) is 1.56. The fraction of sp³-hybridized carbons (Fsp3) is 0.750. The lowest BCUT2D eigenvalue weighted by molar-refractivity contribution is -0.0838. The number of hydrogen-bond acceptors (Lipinski definition) is 3. The predicted molar refractivity (Wildman–Crippen MR) is 82.0 cm³/mol. The van der Waals surface area contributed by atoms with Crippen molar-refractivity contribution >= 4 is 11.6 Å². The van der Waals surface area contributed by atoms with Crippen LogP contribution in [0, 0.1) is 5.92 Å². The molecule has 1 aliphatic rings. The van der Waals surface area contributed by atoms with E-state index in [0.29, 0.717) is 11.8 Å². The summed E-state index contributed by atoms with van der Waals surface area (Å²) in [4.78, 5) is 9.23. The van der Waals surface area contributed by atoms with E-state index < -0.39 is 0 Å². The molecule has 0 radical (unpaired) electrons. The molecule has 1 aromatic rings. The van der Waals surface area contributed by atoms with Crippen molar-refractivity contribution in [3.8, 4) is 0 Å². The van der Waals surface area contributed by atoms with Gasteiger partial charge in [0.15, 0.2) is 5.82 Å². The Hall–Kier alpha value is -0.670. The molecule has 1 aromatic heterocycles. The maximum Gasteiger partial charge on any atom is 0.162 e. The van der Waals surface area contributed by atoms with Crippen LogP contribution in [0.25, 0.3) is 0 Å². The molecule has 1 aliphatic carbocycles. The van der Waals surface area contributed by atoms with Gasteiger partial charge in [0.05, 0.1) is 0 Å². The molecule has 2 rings (SSSR count). The minimum atomic E-state index is -0.325. The second kappa shape index (κ2) is 6.86. The Kier molecular flexibility index (Phi) is 5.39. The van der Waals surface area contributed by atoms with Crippen molar-refractivity contribution in [1.82, 2.24) is 9.97 Å². The van der Waals surface area contributed by atoms with Crippen molar-refractivity contribution in [2.75, 3.05) is 6.61 Å². The smallest absolute Gasteiger partial charge is 0.162 e. The predicted octanol–water partition coefficient (Wildman–Crippen LogP) is 4.52. The first-order chi connectivity index (χ1) is 9.59. The lowest BCUT2D eigenvalue weighted by Gasteiger charge is -2.38. The van der Waals surface area contributed by atoms with Crippen LogP contribution >= 0.6 is 11.6 Å². The summed E-state index contributed by atoms with van der Waals surface area (Å²) in [5, 5.41) is 0.538. The first-order valence-corrected chi connectivity index (χ1v) is 8.15. The number of hydrogen-bond donors (Lipinski definition) is 0. The zero-order valence-electron chi connectivity index (χ0n) is 12.8. The van der Waals surface area contributed by atoms with Gasteiger partial charge >= 0.3 is 0 Å². The standard InChI is InChI=1S/C16H25ClN2O/c1-4-6-13-11-14(17)19-15(18-13)16(20-5-2)9-7-12(3)8-10-16/h11-12H,4-10H2,1-3H3. The van der Waals surface area contributed by atoms with Gasteiger partial charge in [-0.3, -0.25) is 0 Å². The minimum absolute atomic E-state index is 0.325. The Labute approximate surface area is 127 Å². The van der Waals surface area contributed by atoms with Gasteiger partial charge in [-0.25, -0.2) is 9.97 Å². The average Bonchev–Trinajstić information content (AvgIpc) is 2.42. The maximum absolute atomic E-state index is 6.19. The first kappa shape index (κ1) is 15.7. The van der Waals surface area contributed by atoms with Gasteiger partial charge in [0.25, 0.3) is 0 Å². The lowest BCUT2D eigenvalue weighted by atomic mass is 9.78. The van der Waals surface area contributed by atoms with E-state index in [0.717, 1.165) is 43.1 Å². The Balaban J connectivity index is 2.33. The van der Waals surface area contributed by atoms with Gasteiger partial charge in [-0.2, -0.15) is 0 Å². The number of halogens is 1. The second-order valence-corrected chi connectivity index (χ2v) is 6.25. The highest BCUT2D eigenvalue weighted by molar-refractivity contribution is 6.29. The van der Waals surface area contributed by atoms with E-state index in [4.69, 9.17) is 21.3 Å². The number of nitrogens with zero attached hydrogens (tertiary/aromatic N) is 2. The monoisotopic (exact) mass is 296 g/mol. The second-order valence-electron chi connectivity index (χ2n) is 5.87. The third kappa shape index (κ3) is 3.50. The SMILES string of the molecule is CCCc1cc(Cl)nc(C2(OCC)CCC(C)CC2)n1. The highest BCUT2D eigenvalue weighted by Gasteiger charge is 2.39. The first-order valence-electron chi connectivity index (χ1n) is 7.77. The van der Waals surface area contributed by atoms with Gasteiger partial charge < -0.3 is 4.74 Å². The topological polar surface area (TPSA) is 35.0 Å². The van der Waals surface area contributed by atoms with Crippen LogP contribution in [0.5, 0.6) is 0 Å². The van der Waals surface area contributed by atoms with Crippen LogP contribution in [0.4, 0.5) is 0 Å². The van der Waals surface area contributed by atoms with Gasteiger partial charge in [-0.15, -0.1) is 0 Å². The molecule has 1 heterocycles. The molecule has 0 amide bonds. The summed E-state index contributed by atoms with van der Waals surface area (Å²) < 4.78 is 6.11. The molecule has 20 heavy (non-hydrogen) atoms. The van der Waals surface area contributed by atoms with Crippen LogP contribution in [-0.4, -0.2) is 16.6 Å². The van der Waals surface area contributed by atoms with Crippen LogP contribution < -0.4 is 0 Å². The maximum atomic E-state index is 6.19. The number of aryl methyl sites for hydroxylation is 1. The molecular weight excluding hydrogens is 272 g/mol. The van der Waals surface area contributed by atoms with Crippen molar-refractivity contribution in [3.63, 3.8) is 0 Å². The molecule has 1 fully saturated rings. The van der Waals surface area contributed by atoms with E-state index >= 15 is 0 Å². The molecule has 0 aromatic carbocycles. The largest absolute Gasteiger partial charge is 0.367 e. The lowest BCUT2D eigenvalue weighted by Crippen LogP contribution is -2.36. The fourth-order valence-electron chi connectivity index (χ4n) is 2.99. The third-order valence-corrected chi connectivity index (χ3v) is 4.36. The van der Waals surface area contributed by atoms with Crippen LogP contribution in [0.2, 0.25) is 5.15 Å². The van der Waals surface area contributed by atoms with Crippen LogP contribution in [0.3, 0.4) is 0 Å². The number of aromatic nitrogens is 2. The average molecular weight is 297 g/mol. The molecular formula is C16H25ClN2O. The van der Waals surface area contributed by atoms with Gasteiger partial charge in [0.2, 0.25) is 0 Å². The summed E-state index contributed by atoms with van der Waals surface area (Å²) in [6.45, 7) is 7.18. The highest BCUT2D eigenvalue weighted by Crippen LogP contribution is 2.41. The van der Waals surface area contributed by atoms with Gasteiger partial charge in [-0.05, 0) is 51.0 Å². The summed E-state index contributed by atoms with van der Waals surface area (Å²) in [6.07, 6.45) is 6.32. The minimum Gasteiger partial charge on any atom is -0.367 e. The van der Waals surface area contributed by atoms with Gasteiger partial charge in [0, 0.05) is 12.3 Å². The zero-order chi connectivity index (χ0) is 14.6. The van der Waals surface area contributed by atoms with E-state index in [-0.39, 0.29) is 5.60 Å². The fourth-order valence-corrected chi connectivity index (χ4v) is 3.20. The molecule has 112 valence electrons. The van der Waals surface area contributed by atoms with E-state index in [1.165, 1.54) is 12.8 Å². The molecule has 0 N–H and O–H groups in total. The van der Waals surface area contributed by atoms with Crippen LogP contribution in [0.1, 0.15) is 64.4 Å². The molecule has 1 saturated carbocycles. The Bertz CT molecular complexity index is 442. The van der Waals surface area contributed by atoms with E-state index in [1.54, 1.807) is 0 Å². The Morgan fingerprint density at radius 2 is 2.00 bits per heavy atom. The molecule has 0 unspecified atom stereocenters. The third-order valence-electron chi connectivity index (χ3n) is 4.16. The Morgan fingerprint density at radius 3 is 2.60 bits per heavy atom. The van der Waals surface area contributed by atoms with E-state index in [1.807, 2.05) is 13.0 Å². The van der Waals surface area contributed by atoms with Crippen LogP contribution in [-0.2, 0) is 16.8 Å². The zero-order valence-corrected chi connectivity index (χ0v) is 13.5. The van der Waals surface area contributed by atoms with Gasteiger partial charge in [-0.1, -0.05) is 31.9 Å². The molecule has 0 bridgehead atoms. The quantitative estimate of drug-likeness (QED) is 0.749. The molecule has 3 nitrogen and oxygen atoms in total. The summed E-state index contributed by atoms with van der Waals surface area (Å²) in [5.41, 5.74) is 0.703. The summed E-state index contributed by atoms with van der Waals surface area (Å²) >= 11 is 6.19. The molecule has 0 spiro atoms. The summed E-state index contributed by atoms with van der Waals surface area (Å²) in [6, 6.07) is 1.87. The van der Waals surface area contributed by atoms with Crippen molar-refractivity contribution in [2.45, 2.75) is 64.9 Å². The van der Waals surface area contributed by atoms with Crippen LogP contribution in [0.15, 0.2) is 6.07 Å². The van der Waals surface area contributed by atoms with Crippen molar-refractivity contribution < 1.29 is 4.74 Å². The number of ether oxygens (including phenoxy) is 1. The van der Waals surface area contributed by atoms with E-state index in [9.17, 15) is 0 Å². The Morgan fingerprint density at radius 1 is 1.30 bits per heavy atom. The normalized spacial score (nSPS) is 26.7. The summed E-state index contributed by atoms with van der Waals surface area (Å²) in [7, 11) is 0. The van der Waals surface area contributed by atoms with Crippen molar-refractivity contribution in [1.29, 1.82) is 0 Å². The van der Waals surface area contributed by atoms with Gasteiger partial charge in [0.1, 0.15) is 10.8 Å². The highest BCUT2D eigenvalue weighted by atomic mass is 35.5. The van der Waals surface area contributed by atoms with E-state index in [2.05, 4.69) is 18.8 Å². The molecule has 0 atom stereocenters. The number of rotatable bonds is 5. The van der Waals surface area contributed by atoms with Crippen molar-refractivity contribution in [2.24, 2.45) is 5.92 Å². The van der Waals surface area contributed by atoms with Crippen molar-refractivity contribution in [3.05, 3.63) is 22.7 Å². The molecule has 0 aliphatic heterocycles. The molecule has 0 saturated heterocycles.